The summed E-state index contributed by atoms with van der Waals surface area (Å²) in [5, 5.41) is 0.674. The molecule has 0 amide bonds. The molecule has 0 bridgehead atoms. The molecular formula is C17H21ClN2O. The fourth-order valence-electron chi connectivity index (χ4n) is 2.38. The highest BCUT2D eigenvalue weighted by molar-refractivity contribution is 6.30. The Morgan fingerprint density at radius 1 is 1.14 bits per heavy atom. The minimum atomic E-state index is -0.0499. The number of halogens is 1. The van der Waals surface area contributed by atoms with E-state index >= 15 is 0 Å². The Hall–Kier alpha value is -1.55. The molecule has 3 N–H and O–H groups in total. The van der Waals surface area contributed by atoms with E-state index in [1.54, 1.807) is 7.11 Å². The van der Waals surface area contributed by atoms with Crippen molar-refractivity contribution in [1.29, 1.82) is 0 Å². The van der Waals surface area contributed by atoms with Gasteiger partial charge in [-0.15, -0.1) is 0 Å². The topological polar surface area (TPSA) is 47.3 Å². The van der Waals surface area contributed by atoms with Crippen molar-refractivity contribution >= 4 is 11.6 Å². The Bertz CT molecular complexity index is 584. The van der Waals surface area contributed by atoms with Crippen molar-refractivity contribution in [1.82, 2.24) is 5.43 Å². The number of hydrazine groups is 1. The lowest BCUT2D eigenvalue weighted by Gasteiger charge is -2.19. The summed E-state index contributed by atoms with van der Waals surface area (Å²) in [5.41, 5.74) is 6.37. The molecule has 21 heavy (non-hydrogen) atoms. The molecule has 0 radical (unpaired) electrons. The average molecular weight is 305 g/mol. The van der Waals surface area contributed by atoms with Crippen LogP contribution < -0.4 is 16.0 Å². The number of ether oxygens (including phenoxy) is 1. The van der Waals surface area contributed by atoms with Crippen LogP contribution in [0.1, 0.15) is 29.7 Å². The van der Waals surface area contributed by atoms with Crippen LogP contribution >= 0.6 is 11.6 Å². The quantitative estimate of drug-likeness (QED) is 0.632. The maximum Gasteiger partial charge on any atom is 0.123 e. The predicted octanol–water partition coefficient (Wildman–Crippen LogP) is 3.66. The van der Waals surface area contributed by atoms with Gasteiger partial charge in [0.15, 0.2) is 0 Å². The smallest absolute Gasteiger partial charge is 0.123 e. The summed E-state index contributed by atoms with van der Waals surface area (Å²) in [6.07, 6.45) is 1.82. The zero-order valence-corrected chi connectivity index (χ0v) is 13.2. The third-order valence-electron chi connectivity index (χ3n) is 3.64. The molecule has 0 fully saturated rings. The van der Waals surface area contributed by atoms with E-state index < -0.39 is 0 Å². The van der Waals surface area contributed by atoms with Crippen molar-refractivity contribution in [2.75, 3.05) is 7.11 Å². The van der Waals surface area contributed by atoms with E-state index in [-0.39, 0.29) is 6.04 Å². The minimum Gasteiger partial charge on any atom is -0.496 e. The van der Waals surface area contributed by atoms with Gasteiger partial charge in [0.25, 0.3) is 0 Å². The van der Waals surface area contributed by atoms with E-state index in [0.717, 1.165) is 24.2 Å². The van der Waals surface area contributed by atoms with E-state index in [0.29, 0.717) is 5.02 Å². The maximum atomic E-state index is 6.09. The van der Waals surface area contributed by atoms with Gasteiger partial charge in [0.1, 0.15) is 5.75 Å². The molecule has 2 rings (SSSR count). The second-order valence-electron chi connectivity index (χ2n) is 4.98. The molecule has 0 aromatic heterocycles. The number of hydrogen-bond donors (Lipinski definition) is 2. The van der Waals surface area contributed by atoms with Crippen LogP contribution in [0.3, 0.4) is 0 Å². The van der Waals surface area contributed by atoms with Gasteiger partial charge in [-0.1, -0.05) is 42.8 Å². The van der Waals surface area contributed by atoms with Crippen molar-refractivity contribution < 1.29 is 4.74 Å². The maximum absolute atomic E-state index is 6.09. The molecule has 3 nitrogen and oxygen atoms in total. The van der Waals surface area contributed by atoms with Crippen LogP contribution in [-0.2, 0) is 12.8 Å². The SMILES string of the molecule is CCc1ccc(CC(NN)c2cc(Cl)ccc2OC)cc1. The lowest BCUT2D eigenvalue weighted by atomic mass is 9.97. The lowest BCUT2D eigenvalue weighted by molar-refractivity contribution is 0.399. The fraction of sp³-hybridized carbons (Fsp3) is 0.294. The van der Waals surface area contributed by atoms with Crippen LogP contribution in [0.5, 0.6) is 5.75 Å². The normalized spacial score (nSPS) is 12.2. The number of benzene rings is 2. The van der Waals surface area contributed by atoms with Gasteiger partial charge in [-0.3, -0.25) is 11.3 Å². The van der Waals surface area contributed by atoms with Gasteiger partial charge in [-0.05, 0) is 42.2 Å². The molecule has 0 aliphatic rings. The molecule has 2 aromatic rings. The molecular weight excluding hydrogens is 284 g/mol. The minimum absolute atomic E-state index is 0.0499. The number of nitrogens with two attached hydrogens (primary N) is 1. The molecule has 2 aromatic carbocycles. The number of rotatable bonds is 6. The van der Waals surface area contributed by atoms with Gasteiger partial charge in [-0.2, -0.15) is 0 Å². The van der Waals surface area contributed by atoms with E-state index in [1.165, 1.54) is 11.1 Å². The summed E-state index contributed by atoms with van der Waals surface area (Å²) < 4.78 is 5.40. The summed E-state index contributed by atoms with van der Waals surface area (Å²) in [6.45, 7) is 2.15. The van der Waals surface area contributed by atoms with Crippen molar-refractivity contribution in [3.8, 4) is 5.75 Å². The zero-order valence-electron chi connectivity index (χ0n) is 12.4. The largest absolute Gasteiger partial charge is 0.496 e. The fourth-order valence-corrected chi connectivity index (χ4v) is 2.56. The van der Waals surface area contributed by atoms with Gasteiger partial charge < -0.3 is 4.74 Å². The standard InChI is InChI=1S/C17H21ClN2O/c1-3-12-4-6-13(7-5-12)10-16(20-19)15-11-14(18)8-9-17(15)21-2/h4-9,11,16,20H,3,10,19H2,1-2H3. The molecule has 0 saturated heterocycles. The highest BCUT2D eigenvalue weighted by Gasteiger charge is 2.16. The summed E-state index contributed by atoms with van der Waals surface area (Å²) in [6, 6.07) is 14.1. The summed E-state index contributed by atoms with van der Waals surface area (Å²) in [7, 11) is 1.65. The van der Waals surface area contributed by atoms with E-state index in [4.69, 9.17) is 22.2 Å². The Balaban J connectivity index is 2.24. The molecule has 0 saturated carbocycles. The van der Waals surface area contributed by atoms with Crippen molar-refractivity contribution in [3.05, 3.63) is 64.2 Å². The highest BCUT2D eigenvalue weighted by atomic mass is 35.5. The van der Waals surface area contributed by atoms with Gasteiger partial charge in [-0.25, -0.2) is 0 Å². The zero-order chi connectivity index (χ0) is 15.2. The first-order valence-corrected chi connectivity index (χ1v) is 7.43. The number of hydrogen-bond acceptors (Lipinski definition) is 3. The first-order chi connectivity index (χ1) is 10.2. The van der Waals surface area contributed by atoms with Crippen LogP contribution in [-0.4, -0.2) is 7.11 Å². The van der Waals surface area contributed by atoms with E-state index in [2.05, 4.69) is 36.6 Å². The first-order valence-electron chi connectivity index (χ1n) is 7.05. The predicted molar refractivity (Wildman–Crippen MR) is 87.6 cm³/mol. The molecule has 1 atom stereocenters. The first kappa shape index (κ1) is 15.8. The Morgan fingerprint density at radius 3 is 2.38 bits per heavy atom. The molecule has 0 aliphatic carbocycles. The van der Waals surface area contributed by atoms with E-state index in [9.17, 15) is 0 Å². The van der Waals surface area contributed by atoms with Crippen molar-refractivity contribution in [2.24, 2.45) is 5.84 Å². The van der Waals surface area contributed by atoms with Gasteiger partial charge >= 0.3 is 0 Å². The monoisotopic (exact) mass is 304 g/mol. The number of nitrogens with one attached hydrogen (secondary N) is 1. The Kier molecular flexibility index (Phi) is 5.62. The Morgan fingerprint density at radius 2 is 1.81 bits per heavy atom. The third-order valence-corrected chi connectivity index (χ3v) is 3.87. The van der Waals surface area contributed by atoms with Crippen LogP contribution in [0.2, 0.25) is 5.02 Å². The van der Waals surface area contributed by atoms with Crippen LogP contribution in [0.4, 0.5) is 0 Å². The molecule has 0 aliphatic heterocycles. The number of methoxy groups -OCH3 is 1. The number of aryl methyl sites for hydroxylation is 1. The summed E-state index contributed by atoms with van der Waals surface area (Å²) >= 11 is 6.09. The Labute approximate surface area is 131 Å². The third kappa shape index (κ3) is 3.97. The van der Waals surface area contributed by atoms with Gasteiger partial charge in [0.2, 0.25) is 0 Å². The highest BCUT2D eigenvalue weighted by Crippen LogP contribution is 2.30. The summed E-state index contributed by atoms with van der Waals surface area (Å²) in [4.78, 5) is 0. The summed E-state index contributed by atoms with van der Waals surface area (Å²) in [5.74, 6) is 6.52. The van der Waals surface area contributed by atoms with E-state index in [1.807, 2.05) is 18.2 Å². The van der Waals surface area contributed by atoms with Gasteiger partial charge in [0.05, 0.1) is 13.2 Å². The molecule has 112 valence electrons. The van der Waals surface area contributed by atoms with Crippen LogP contribution in [0.15, 0.2) is 42.5 Å². The molecule has 0 spiro atoms. The second kappa shape index (κ2) is 7.46. The lowest BCUT2D eigenvalue weighted by Crippen LogP contribution is -2.30. The molecule has 4 heteroatoms. The van der Waals surface area contributed by atoms with Crippen LogP contribution in [0.25, 0.3) is 0 Å². The average Bonchev–Trinajstić information content (AvgIpc) is 2.53. The molecule has 1 unspecified atom stereocenters. The van der Waals surface area contributed by atoms with Crippen molar-refractivity contribution in [3.63, 3.8) is 0 Å². The van der Waals surface area contributed by atoms with Crippen molar-refractivity contribution in [2.45, 2.75) is 25.8 Å². The molecule has 0 heterocycles. The van der Waals surface area contributed by atoms with Crippen LogP contribution in [0, 0.1) is 0 Å². The van der Waals surface area contributed by atoms with Gasteiger partial charge in [0, 0.05) is 10.6 Å². The second-order valence-corrected chi connectivity index (χ2v) is 5.42.